The van der Waals surface area contributed by atoms with Gasteiger partial charge in [0.05, 0.1) is 11.1 Å². The van der Waals surface area contributed by atoms with E-state index in [1.807, 2.05) is 0 Å². The number of amides is 2. The average Bonchev–Trinajstić information content (AvgIpc) is 3.04. The number of nitrogens with zero attached hydrogens (tertiary/aromatic N) is 3. The SMILES string of the molecule is Nc1nc(SCCCCN2C(=O)c3ccccc3C2=O)n[nH]1. The Kier molecular flexibility index (Phi) is 4.10. The summed E-state index contributed by atoms with van der Waals surface area (Å²) >= 11 is 1.49. The number of carbonyl (C=O) groups excluding carboxylic acids is 2. The number of rotatable bonds is 6. The van der Waals surface area contributed by atoms with Crippen LogP contribution in [-0.4, -0.2) is 44.2 Å². The fraction of sp³-hybridized carbons (Fsp3) is 0.286. The van der Waals surface area contributed by atoms with Gasteiger partial charge in [-0.3, -0.25) is 14.5 Å². The summed E-state index contributed by atoms with van der Waals surface area (Å²) in [5.41, 5.74) is 6.44. The summed E-state index contributed by atoms with van der Waals surface area (Å²) < 4.78 is 0. The Morgan fingerprint density at radius 1 is 1.14 bits per heavy atom. The van der Waals surface area contributed by atoms with Crippen molar-refractivity contribution < 1.29 is 9.59 Å². The van der Waals surface area contributed by atoms with Crippen LogP contribution in [0, 0.1) is 0 Å². The lowest BCUT2D eigenvalue weighted by Gasteiger charge is -2.13. The topological polar surface area (TPSA) is 105 Å². The van der Waals surface area contributed by atoms with E-state index < -0.39 is 0 Å². The van der Waals surface area contributed by atoms with E-state index in [1.165, 1.54) is 16.7 Å². The molecule has 0 spiro atoms. The van der Waals surface area contributed by atoms with Gasteiger partial charge < -0.3 is 5.73 Å². The lowest BCUT2D eigenvalue weighted by Crippen LogP contribution is -2.30. The summed E-state index contributed by atoms with van der Waals surface area (Å²) in [4.78, 5) is 29.6. The first-order valence-electron chi connectivity index (χ1n) is 6.92. The lowest BCUT2D eigenvalue weighted by molar-refractivity contribution is 0.0652. The summed E-state index contributed by atoms with van der Waals surface area (Å²) in [6.07, 6.45) is 1.60. The van der Waals surface area contributed by atoms with Crippen LogP contribution < -0.4 is 5.73 Å². The molecule has 0 unspecified atom stereocenters. The number of hydrogen-bond acceptors (Lipinski definition) is 6. The maximum atomic E-state index is 12.2. The second-order valence-corrected chi connectivity index (χ2v) is 5.93. The number of benzene rings is 1. The third-order valence-corrected chi connectivity index (χ3v) is 4.30. The Morgan fingerprint density at radius 2 is 1.82 bits per heavy atom. The van der Waals surface area contributed by atoms with Gasteiger partial charge in [0.25, 0.3) is 11.8 Å². The molecule has 2 aromatic rings. The molecule has 1 aromatic heterocycles. The van der Waals surface area contributed by atoms with Crippen molar-refractivity contribution in [2.75, 3.05) is 18.0 Å². The molecule has 3 rings (SSSR count). The van der Waals surface area contributed by atoms with E-state index in [1.54, 1.807) is 24.3 Å². The molecule has 2 heterocycles. The van der Waals surface area contributed by atoms with Gasteiger partial charge in [0, 0.05) is 12.3 Å². The zero-order valence-corrected chi connectivity index (χ0v) is 12.6. The van der Waals surface area contributed by atoms with Crippen LogP contribution in [0.5, 0.6) is 0 Å². The van der Waals surface area contributed by atoms with E-state index in [9.17, 15) is 9.59 Å². The Balaban J connectivity index is 1.47. The zero-order valence-electron chi connectivity index (χ0n) is 11.8. The molecule has 8 heteroatoms. The minimum absolute atomic E-state index is 0.199. The second-order valence-electron chi connectivity index (χ2n) is 4.87. The number of nitrogens with two attached hydrogens (primary N) is 1. The number of hydrogen-bond donors (Lipinski definition) is 2. The Bertz CT molecular complexity index is 680. The molecule has 1 aliphatic rings. The van der Waals surface area contributed by atoms with Gasteiger partial charge in [0.1, 0.15) is 0 Å². The predicted molar refractivity (Wildman–Crippen MR) is 82.6 cm³/mol. The van der Waals surface area contributed by atoms with E-state index in [4.69, 9.17) is 5.73 Å². The number of imide groups is 1. The summed E-state index contributed by atoms with van der Waals surface area (Å²) in [5.74, 6) is 0.707. The van der Waals surface area contributed by atoms with Crippen LogP contribution in [-0.2, 0) is 0 Å². The molecule has 114 valence electrons. The molecular formula is C14H15N5O2S. The predicted octanol–water partition coefficient (Wildman–Crippen LogP) is 1.56. The summed E-state index contributed by atoms with van der Waals surface area (Å²) in [5, 5.41) is 7.11. The molecule has 1 aliphatic heterocycles. The number of nitrogens with one attached hydrogen (secondary N) is 1. The highest BCUT2D eigenvalue weighted by molar-refractivity contribution is 7.99. The first-order valence-corrected chi connectivity index (χ1v) is 7.91. The molecule has 0 radical (unpaired) electrons. The molecule has 1 aromatic carbocycles. The third-order valence-electron chi connectivity index (χ3n) is 3.37. The maximum absolute atomic E-state index is 12.2. The van der Waals surface area contributed by atoms with Gasteiger partial charge >= 0.3 is 0 Å². The molecule has 0 saturated heterocycles. The standard InChI is InChI=1S/C14H15N5O2S/c15-13-16-14(18-17-13)22-8-4-3-7-19-11(20)9-5-1-2-6-10(9)12(19)21/h1-2,5-6H,3-4,7-8H2,(H3,15,16,17,18). The molecule has 0 bridgehead atoms. The summed E-state index contributed by atoms with van der Waals surface area (Å²) in [6, 6.07) is 6.93. The van der Waals surface area contributed by atoms with E-state index in [0.29, 0.717) is 28.8 Å². The van der Waals surface area contributed by atoms with Crippen LogP contribution >= 0.6 is 11.8 Å². The first-order chi connectivity index (χ1) is 10.7. The van der Waals surface area contributed by atoms with E-state index >= 15 is 0 Å². The van der Waals surface area contributed by atoms with Crippen LogP contribution in [0.25, 0.3) is 0 Å². The lowest BCUT2D eigenvalue weighted by atomic mass is 10.1. The van der Waals surface area contributed by atoms with E-state index in [0.717, 1.165) is 18.6 Å². The first kappa shape index (κ1) is 14.6. The number of aromatic amines is 1. The molecule has 0 fully saturated rings. The third kappa shape index (κ3) is 2.82. The number of unbranched alkanes of at least 4 members (excludes halogenated alkanes) is 1. The smallest absolute Gasteiger partial charge is 0.261 e. The van der Waals surface area contributed by atoms with Gasteiger partial charge in [-0.2, -0.15) is 4.98 Å². The maximum Gasteiger partial charge on any atom is 0.261 e. The number of carbonyl (C=O) groups is 2. The van der Waals surface area contributed by atoms with Crippen molar-refractivity contribution in [3.05, 3.63) is 35.4 Å². The largest absolute Gasteiger partial charge is 0.368 e. The summed E-state index contributed by atoms with van der Waals surface area (Å²) in [7, 11) is 0. The number of anilines is 1. The number of aromatic nitrogens is 3. The fourth-order valence-corrected chi connectivity index (χ4v) is 3.10. The van der Waals surface area contributed by atoms with Crippen LogP contribution in [0.2, 0.25) is 0 Å². The van der Waals surface area contributed by atoms with Crippen molar-refractivity contribution >= 4 is 29.5 Å². The van der Waals surface area contributed by atoms with Gasteiger partial charge in [-0.15, -0.1) is 5.10 Å². The molecule has 22 heavy (non-hydrogen) atoms. The van der Waals surface area contributed by atoms with Gasteiger partial charge in [-0.25, -0.2) is 5.10 Å². The van der Waals surface area contributed by atoms with Crippen LogP contribution in [0.15, 0.2) is 29.4 Å². The average molecular weight is 317 g/mol. The minimum Gasteiger partial charge on any atom is -0.368 e. The highest BCUT2D eigenvalue weighted by Gasteiger charge is 2.34. The normalized spacial score (nSPS) is 13.7. The van der Waals surface area contributed by atoms with Gasteiger partial charge in [0.2, 0.25) is 11.1 Å². The highest BCUT2D eigenvalue weighted by atomic mass is 32.2. The molecule has 2 amide bonds. The van der Waals surface area contributed by atoms with Gasteiger partial charge in [0.15, 0.2) is 0 Å². The number of nitrogen functional groups attached to an aromatic ring is 1. The van der Waals surface area contributed by atoms with Crippen LogP contribution in [0.1, 0.15) is 33.6 Å². The summed E-state index contributed by atoms with van der Waals surface area (Å²) in [6.45, 7) is 0.434. The molecule has 7 nitrogen and oxygen atoms in total. The quantitative estimate of drug-likeness (QED) is 0.476. The van der Waals surface area contributed by atoms with Gasteiger partial charge in [-0.1, -0.05) is 23.9 Å². The van der Waals surface area contributed by atoms with Crippen molar-refractivity contribution in [1.82, 2.24) is 20.1 Å². The zero-order chi connectivity index (χ0) is 15.5. The molecule has 3 N–H and O–H groups in total. The Morgan fingerprint density at radius 3 is 2.41 bits per heavy atom. The monoisotopic (exact) mass is 317 g/mol. The molecule has 0 atom stereocenters. The minimum atomic E-state index is -0.199. The van der Waals surface area contributed by atoms with Crippen LogP contribution in [0.4, 0.5) is 5.95 Å². The van der Waals surface area contributed by atoms with Crippen LogP contribution in [0.3, 0.4) is 0 Å². The van der Waals surface area contributed by atoms with Crippen molar-refractivity contribution in [3.8, 4) is 0 Å². The molecule has 0 aliphatic carbocycles. The Labute approximate surface area is 131 Å². The van der Waals surface area contributed by atoms with Crippen molar-refractivity contribution in [3.63, 3.8) is 0 Å². The highest BCUT2D eigenvalue weighted by Crippen LogP contribution is 2.23. The molecular weight excluding hydrogens is 302 g/mol. The number of H-pyrrole nitrogens is 1. The van der Waals surface area contributed by atoms with Crippen molar-refractivity contribution in [2.24, 2.45) is 0 Å². The number of thioether (sulfide) groups is 1. The second kappa shape index (κ2) is 6.18. The number of fused-ring (bicyclic) bond motifs is 1. The fourth-order valence-electron chi connectivity index (χ4n) is 2.30. The van der Waals surface area contributed by atoms with Crippen molar-refractivity contribution in [1.29, 1.82) is 0 Å². The van der Waals surface area contributed by atoms with Gasteiger partial charge in [-0.05, 0) is 25.0 Å². The Hall–Kier alpha value is -2.35. The van der Waals surface area contributed by atoms with E-state index in [-0.39, 0.29) is 11.8 Å². The van der Waals surface area contributed by atoms with Crippen molar-refractivity contribution in [2.45, 2.75) is 18.0 Å². The molecule has 0 saturated carbocycles. The van der Waals surface area contributed by atoms with E-state index in [2.05, 4.69) is 15.2 Å².